The molecule has 1 aliphatic rings. The van der Waals surface area contributed by atoms with E-state index in [9.17, 15) is 8.42 Å². The van der Waals surface area contributed by atoms with Gasteiger partial charge in [-0.05, 0) is 19.4 Å². The Morgan fingerprint density at radius 1 is 1.06 bits per heavy atom. The number of alkyl halides is 1. The quantitative estimate of drug-likeness (QED) is 0.533. The van der Waals surface area contributed by atoms with Crippen LogP contribution in [0.15, 0.2) is 0 Å². The number of sulfonamides is 1. The first-order valence-corrected chi connectivity index (χ1v) is 8.16. The van der Waals surface area contributed by atoms with E-state index < -0.39 is 10.0 Å². The molecular weight excluding hydrogens is 248 g/mol. The van der Waals surface area contributed by atoms with Crippen LogP contribution in [0.5, 0.6) is 0 Å². The average Bonchev–Trinajstić information content (AvgIpc) is 2.24. The minimum Gasteiger partial charge on any atom is -0.301 e. The van der Waals surface area contributed by atoms with E-state index in [1.54, 1.807) is 4.31 Å². The highest BCUT2D eigenvalue weighted by molar-refractivity contribution is 7.88. The van der Waals surface area contributed by atoms with Crippen LogP contribution in [0, 0.1) is 0 Å². The number of piperazine rings is 1. The van der Waals surface area contributed by atoms with Gasteiger partial charge in [0.25, 0.3) is 0 Å². The second-order valence-electron chi connectivity index (χ2n) is 4.25. The Bertz CT molecular complexity index is 287. The Morgan fingerprint density at radius 3 is 2.19 bits per heavy atom. The second kappa shape index (κ2) is 6.79. The molecule has 0 aromatic carbocycles. The van der Waals surface area contributed by atoms with Gasteiger partial charge >= 0.3 is 0 Å². The molecule has 1 aliphatic heterocycles. The summed E-state index contributed by atoms with van der Waals surface area (Å²) in [5.74, 6) is 0.738. The van der Waals surface area contributed by atoms with Crippen LogP contribution in [0.25, 0.3) is 0 Å². The van der Waals surface area contributed by atoms with Gasteiger partial charge in [-0.25, -0.2) is 8.42 Å². The van der Waals surface area contributed by atoms with Crippen LogP contribution in [0.3, 0.4) is 0 Å². The summed E-state index contributed by atoms with van der Waals surface area (Å²) in [6.45, 7) is 4.04. The summed E-state index contributed by atoms with van der Waals surface area (Å²) in [7, 11) is -2.99. The van der Waals surface area contributed by atoms with E-state index in [1.165, 1.54) is 6.26 Å². The Labute approximate surface area is 104 Å². The van der Waals surface area contributed by atoms with Crippen molar-refractivity contribution in [3.63, 3.8) is 0 Å². The maximum Gasteiger partial charge on any atom is 0.211 e. The molecule has 1 saturated heterocycles. The molecule has 16 heavy (non-hydrogen) atoms. The molecule has 0 aromatic heterocycles. The molecule has 0 saturated carbocycles. The number of hydrogen-bond acceptors (Lipinski definition) is 3. The third-order valence-electron chi connectivity index (χ3n) is 2.91. The third-order valence-corrected chi connectivity index (χ3v) is 4.48. The number of halogens is 1. The van der Waals surface area contributed by atoms with Gasteiger partial charge in [-0.2, -0.15) is 4.31 Å². The van der Waals surface area contributed by atoms with Crippen molar-refractivity contribution in [2.75, 3.05) is 44.9 Å². The highest BCUT2D eigenvalue weighted by Crippen LogP contribution is 2.07. The van der Waals surface area contributed by atoms with Crippen LogP contribution >= 0.6 is 11.6 Å². The molecule has 0 unspecified atom stereocenters. The SMILES string of the molecule is CS(=O)(=O)N1CCN(CCCCCCl)CC1. The van der Waals surface area contributed by atoms with Gasteiger partial charge in [0.05, 0.1) is 6.26 Å². The van der Waals surface area contributed by atoms with E-state index >= 15 is 0 Å². The molecule has 4 nitrogen and oxygen atoms in total. The molecule has 0 aromatic rings. The van der Waals surface area contributed by atoms with Gasteiger partial charge in [0, 0.05) is 32.1 Å². The topological polar surface area (TPSA) is 40.6 Å². The fourth-order valence-corrected chi connectivity index (χ4v) is 2.91. The van der Waals surface area contributed by atoms with E-state index in [4.69, 9.17) is 11.6 Å². The van der Waals surface area contributed by atoms with E-state index in [0.29, 0.717) is 13.1 Å². The van der Waals surface area contributed by atoms with Gasteiger partial charge in [0.15, 0.2) is 0 Å². The van der Waals surface area contributed by atoms with Gasteiger partial charge in [-0.15, -0.1) is 11.6 Å². The monoisotopic (exact) mass is 268 g/mol. The van der Waals surface area contributed by atoms with Gasteiger partial charge in [0.1, 0.15) is 0 Å². The summed E-state index contributed by atoms with van der Waals surface area (Å²) in [6, 6.07) is 0. The van der Waals surface area contributed by atoms with Crippen molar-refractivity contribution < 1.29 is 8.42 Å². The summed E-state index contributed by atoms with van der Waals surface area (Å²) in [5.41, 5.74) is 0. The molecule has 1 fully saturated rings. The zero-order valence-corrected chi connectivity index (χ0v) is 11.4. The number of rotatable bonds is 6. The third kappa shape index (κ3) is 4.99. The number of nitrogens with zero attached hydrogens (tertiary/aromatic N) is 2. The lowest BCUT2D eigenvalue weighted by atomic mass is 10.2. The fraction of sp³-hybridized carbons (Fsp3) is 1.00. The number of unbranched alkanes of at least 4 members (excludes halogenated alkanes) is 2. The molecule has 0 bridgehead atoms. The Kier molecular flexibility index (Phi) is 6.03. The lowest BCUT2D eigenvalue weighted by Crippen LogP contribution is -2.48. The predicted molar refractivity (Wildman–Crippen MR) is 67.4 cm³/mol. The van der Waals surface area contributed by atoms with Gasteiger partial charge < -0.3 is 4.90 Å². The van der Waals surface area contributed by atoms with Crippen LogP contribution < -0.4 is 0 Å². The zero-order valence-electron chi connectivity index (χ0n) is 9.86. The second-order valence-corrected chi connectivity index (χ2v) is 6.61. The molecule has 0 N–H and O–H groups in total. The van der Waals surface area contributed by atoms with E-state index in [0.717, 1.165) is 44.8 Å². The zero-order chi connectivity index (χ0) is 12.0. The first-order chi connectivity index (χ1) is 7.54. The van der Waals surface area contributed by atoms with Gasteiger partial charge in [-0.1, -0.05) is 6.42 Å². The van der Waals surface area contributed by atoms with Crippen LogP contribution in [0.4, 0.5) is 0 Å². The summed E-state index contributed by atoms with van der Waals surface area (Å²) >= 11 is 5.61. The van der Waals surface area contributed by atoms with Crippen molar-refractivity contribution in [2.45, 2.75) is 19.3 Å². The molecule has 0 amide bonds. The molecule has 0 radical (unpaired) electrons. The van der Waals surface area contributed by atoms with E-state index in [2.05, 4.69) is 4.90 Å². The van der Waals surface area contributed by atoms with Crippen LogP contribution in [0.1, 0.15) is 19.3 Å². The maximum absolute atomic E-state index is 11.3. The van der Waals surface area contributed by atoms with Crippen LogP contribution in [0.2, 0.25) is 0 Å². The molecule has 6 heteroatoms. The minimum atomic E-state index is -2.99. The summed E-state index contributed by atoms with van der Waals surface area (Å²) in [4.78, 5) is 2.33. The van der Waals surface area contributed by atoms with E-state index in [-0.39, 0.29) is 0 Å². The maximum atomic E-state index is 11.3. The Balaban J connectivity index is 2.17. The lowest BCUT2D eigenvalue weighted by Gasteiger charge is -2.33. The molecule has 0 aliphatic carbocycles. The van der Waals surface area contributed by atoms with Crippen molar-refractivity contribution in [2.24, 2.45) is 0 Å². The first kappa shape index (κ1) is 14.2. The van der Waals surface area contributed by atoms with Crippen LogP contribution in [-0.4, -0.2) is 62.5 Å². The number of hydrogen-bond donors (Lipinski definition) is 0. The fourth-order valence-electron chi connectivity index (χ4n) is 1.89. The smallest absolute Gasteiger partial charge is 0.211 e. The van der Waals surface area contributed by atoms with Crippen molar-refractivity contribution in [3.05, 3.63) is 0 Å². The van der Waals surface area contributed by atoms with Crippen molar-refractivity contribution in [1.82, 2.24) is 9.21 Å². The van der Waals surface area contributed by atoms with Gasteiger partial charge in [0.2, 0.25) is 10.0 Å². The van der Waals surface area contributed by atoms with Crippen molar-refractivity contribution in [1.29, 1.82) is 0 Å². The normalized spacial score (nSPS) is 20.1. The molecule has 1 rings (SSSR count). The van der Waals surface area contributed by atoms with Crippen molar-refractivity contribution >= 4 is 21.6 Å². The minimum absolute atomic E-state index is 0.633. The van der Waals surface area contributed by atoms with Gasteiger partial charge in [-0.3, -0.25) is 0 Å². The predicted octanol–water partition coefficient (Wildman–Crippen LogP) is 0.973. The Morgan fingerprint density at radius 2 is 1.69 bits per heavy atom. The molecule has 96 valence electrons. The molecule has 0 atom stereocenters. The molecule has 1 heterocycles. The largest absolute Gasteiger partial charge is 0.301 e. The first-order valence-electron chi connectivity index (χ1n) is 5.77. The standard InChI is InChI=1S/C10H21ClN2O2S/c1-16(14,15)13-9-7-12(8-10-13)6-4-2-3-5-11/h2-10H2,1H3. The highest BCUT2D eigenvalue weighted by Gasteiger charge is 2.22. The molecule has 0 spiro atoms. The van der Waals surface area contributed by atoms with Crippen molar-refractivity contribution in [3.8, 4) is 0 Å². The summed E-state index contributed by atoms with van der Waals surface area (Å²) in [6.07, 6.45) is 4.68. The average molecular weight is 269 g/mol. The lowest BCUT2D eigenvalue weighted by molar-refractivity contribution is 0.186. The summed E-state index contributed by atoms with van der Waals surface area (Å²) in [5, 5.41) is 0. The highest BCUT2D eigenvalue weighted by atomic mass is 35.5. The Hall–Kier alpha value is 0.160. The molecular formula is C10H21ClN2O2S. The summed E-state index contributed by atoms with van der Waals surface area (Å²) < 4.78 is 24.1. The van der Waals surface area contributed by atoms with Crippen LogP contribution in [-0.2, 0) is 10.0 Å². The van der Waals surface area contributed by atoms with E-state index in [1.807, 2.05) is 0 Å².